The number of rotatable bonds is 6. The van der Waals surface area contributed by atoms with Crippen LogP contribution in [0.1, 0.15) is 32.1 Å². The third-order valence-corrected chi connectivity index (χ3v) is 4.84. The van der Waals surface area contributed by atoms with Crippen LogP contribution in [-0.2, 0) is 0 Å². The molecule has 1 aliphatic carbocycles. The fraction of sp³-hybridized carbons (Fsp3) is 0.600. The Morgan fingerprint density at radius 3 is 2.45 bits per heavy atom. The molecule has 1 N–H and O–H groups in total. The number of halogens is 2. The Morgan fingerprint density at radius 1 is 1.10 bits per heavy atom. The van der Waals surface area contributed by atoms with E-state index in [0.29, 0.717) is 12.6 Å². The van der Waals surface area contributed by atoms with Crippen LogP contribution in [-0.4, -0.2) is 26.3 Å². The van der Waals surface area contributed by atoms with Crippen LogP contribution in [0.5, 0.6) is 11.5 Å². The van der Waals surface area contributed by atoms with Gasteiger partial charge in [-0.05, 0) is 56.8 Å². The molecule has 0 bridgehead atoms. The zero-order valence-electron chi connectivity index (χ0n) is 11.8. The van der Waals surface area contributed by atoms with Crippen molar-refractivity contribution in [3.63, 3.8) is 0 Å². The van der Waals surface area contributed by atoms with Gasteiger partial charge in [-0.25, -0.2) is 0 Å². The number of hydrogen-bond donors (Lipinski definition) is 1. The van der Waals surface area contributed by atoms with Gasteiger partial charge in [-0.15, -0.1) is 0 Å². The van der Waals surface area contributed by atoms with Crippen molar-refractivity contribution in [2.75, 3.05) is 20.3 Å². The summed E-state index contributed by atoms with van der Waals surface area (Å²) in [5.74, 6) is 1.63. The zero-order chi connectivity index (χ0) is 14.4. The van der Waals surface area contributed by atoms with Gasteiger partial charge >= 0.3 is 0 Å². The number of methoxy groups -OCH3 is 1. The number of nitrogens with one attached hydrogen (secondary N) is 1. The molecule has 0 spiro atoms. The summed E-state index contributed by atoms with van der Waals surface area (Å²) in [6.07, 6.45) is 6.71. The average Bonchev–Trinajstić information content (AvgIpc) is 2.47. The first-order valence-electron chi connectivity index (χ1n) is 7.10. The van der Waals surface area contributed by atoms with Crippen molar-refractivity contribution in [1.82, 2.24) is 5.32 Å². The van der Waals surface area contributed by atoms with Gasteiger partial charge in [0, 0.05) is 12.6 Å². The van der Waals surface area contributed by atoms with Crippen molar-refractivity contribution in [2.24, 2.45) is 0 Å². The molecule has 1 fully saturated rings. The quantitative estimate of drug-likeness (QED) is 0.704. The molecule has 112 valence electrons. The SMILES string of the molecule is COc1cc(Br)c(OCCNC2CCCCC2)cc1Br. The summed E-state index contributed by atoms with van der Waals surface area (Å²) >= 11 is 6.98. The standard InChI is InChI=1S/C15H21Br2NO2/c1-19-14-9-13(17)15(10-12(14)16)20-8-7-18-11-5-3-2-4-6-11/h9-11,18H,2-8H2,1H3. The minimum absolute atomic E-state index is 0.674. The van der Waals surface area contributed by atoms with Gasteiger partial charge in [0.1, 0.15) is 18.1 Å². The summed E-state index contributed by atoms with van der Waals surface area (Å²) in [6.45, 7) is 1.56. The van der Waals surface area contributed by atoms with E-state index < -0.39 is 0 Å². The first kappa shape index (κ1) is 16.1. The molecule has 5 heteroatoms. The molecule has 0 heterocycles. The highest BCUT2D eigenvalue weighted by atomic mass is 79.9. The van der Waals surface area contributed by atoms with E-state index in [2.05, 4.69) is 37.2 Å². The molecule has 0 unspecified atom stereocenters. The van der Waals surface area contributed by atoms with Crippen molar-refractivity contribution < 1.29 is 9.47 Å². The zero-order valence-corrected chi connectivity index (χ0v) is 14.9. The largest absolute Gasteiger partial charge is 0.496 e. The van der Waals surface area contributed by atoms with Gasteiger partial charge in [-0.1, -0.05) is 19.3 Å². The van der Waals surface area contributed by atoms with Crippen molar-refractivity contribution in [2.45, 2.75) is 38.1 Å². The lowest BCUT2D eigenvalue weighted by molar-refractivity contribution is 0.287. The van der Waals surface area contributed by atoms with Crippen LogP contribution in [0.3, 0.4) is 0 Å². The normalized spacial score (nSPS) is 16.1. The smallest absolute Gasteiger partial charge is 0.134 e. The second-order valence-electron chi connectivity index (χ2n) is 5.05. The van der Waals surface area contributed by atoms with Crippen LogP contribution in [0, 0.1) is 0 Å². The van der Waals surface area contributed by atoms with Crippen molar-refractivity contribution in [3.05, 3.63) is 21.1 Å². The molecule has 0 saturated heterocycles. The summed E-state index contributed by atoms with van der Waals surface area (Å²) in [5.41, 5.74) is 0. The first-order valence-corrected chi connectivity index (χ1v) is 8.68. The summed E-state index contributed by atoms with van der Waals surface area (Å²) in [6, 6.07) is 4.52. The fourth-order valence-corrected chi connectivity index (χ4v) is 3.43. The predicted molar refractivity (Wildman–Crippen MR) is 88.8 cm³/mol. The summed E-state index contributed by atoms with van der Waals surface area (Å²) in [4.78, 5) is 0. The topological polar surface area (TPSA) is 30.5 Å². The predicted octanol–water partition coefficient (Wildman–Crippen LogP) is 4.52. The Balaban J connectivity index is 1.77. The minimum Gasteiger partial charge on any atom is -0.496 e. The maximum absolute atomic E-state index is 5.81. The van der Waals surface area contributed by atoms with Crippen molar-refractivity contribution >= 4 is 31.9 Å². The van der Waals surface area contributed by atoms with Crippen LogP contribution >= 0.6 is 31.9 Å². The molecule has 0 aromatic heterocycles. The van der Waals surface area contributed by atoms with Gasteiger partial charge in [0.05, 0.1) is 16.1 Å². The van der Waals surface area contributed by atoms with Crippen molar-refractivity contribution in [3.8, 4) is 11.5 Å². The third-order valence-electron chi connectivity index (χ3n) is 3.60. The summed E-state index contributed by atoms with van der Waals surface area (Å²) < 4.78 is 12.9. The molecule has 0 radical (unpaired) electrons. The highest BCUT2D eigenvalue weighted by Gasteiger charge is 2.12. The van der Waals surface area contributed by atoms with Crippen LogP contribution < -0.4 is 14.8 Å². The van der Waals surface area contributed by atoms with Crippen LogP contribution in [0.2, 0.25) is 0 Å². The molecule has 1 aliphatic rings. The Morgan fingerprint density at radius 2 is 1.75 bits per heavy atom. The average molecular weight is 407 g/mol. The summed E-state index contributed by atoms with van der Waals surface area (Å²) in [7, 11) is 1.65. The van der Waals surface area contributed by atoms with Gasteiger partial charge in [0.25, 0.3) is 0 Å². The lowest BCUT2D eigenvalue weighted by Gasteiger charge is -2.22. The molecule has 2 rings (SSSR count). The lowest BCUT2D eigenvalue weighted by Crippen LogP contribution is -2.34. The maximum Gasteiger partial charge on any atom is 0.134 e. The molecular formula is C15H21Br2NO2. The first-order chi connectivity index (χ1) is 9.70. The molecule has 0 atom stereocenters. The van der Waals surface area contributed by atoms with Gasteiger partial charge < -0.3 is 14.8 Å². The van der Waals surface area contributed by atoms with E-state index in [1.54, 1.807) is 7.11 Å². The summed E-state index contributed by atoms with van der Waals surface area (Å²) in [5, 5.41) is 3.57. The Labute approximate surface area is 137 Å². The molecular weight excluding hydrogens is 386 g/mol. The number of hydrogen-bond acceptors (Lipinski definition) is 3. The van der Waals surface area contributed by atoms with E-state index in [1.165, 1.54) is 32.1 Å². The van der Waals surface area contributed by atoms with E-state index in [0.717, 1.165) is 27.0 Å². The van der Waals surface area contributed by atoms with Crippen LogP contribution in [0.25, 0.3) is 0 Å². The highest BCUT2D eigenvalue weighted by molar-refractivity contribution is 9.11. The molecule has 1 aromatic carbocycles. The van der Waals surface area contributed by atoms with Gasteiger partial charge in [-0.2, -0.15) is 0 Å². The van der Waals surface area contributed by atoms with E-state index in [-0.39, 0.29) is 0 Å². The monoisotopic (exact) mass is 405 g/mol. The van der Waals surface area contributed by atoms with E-state index >= 15 is 0 Å². The second kappa shape index (κ2) is 8.25. The Bertz CT molecular complexity index is 434. The van der Waals surface area contributed by atoms with E-state index in [9.17, 15) is 0 Å². The minimum atomic E-state index is 0.674. The van der Waals surface area contributed by atoms with E-state index in [1.807, 2.05) is 12.1 Å². The fourth-order valence-electron chi connectivity index (χ4n) is 2.51. The Hall–Kier alpha value is -0.260. The number of ether oxygens (including phenoxy) is 2. The molecule has 1 aromatic rings. The molecule has 0 aliphatic heterocycles. The molecule has 1 saturated carbocycles. The maximum atomic E-state index is 5.81. The Kier molecular flexibility index (Phi) is 6.65. The van der Waals surface area contributed by atoms with Crippen LogP contribution in [0.15, 0.2) is 21.1 Å². The van der Waals surface area contributed by atoms with E-state index in [4.69, 9.17) is 9.47 Å². The molecule has 20 heavy (non-hydrogen) atoms. The van der Waals surface area contributed by atoms with Gasteiger partial charge in [0.15, 0.2) is 0 Å². The molecule has 3 nitrogen and oxygen atoms in total. The lowest BCUT2D eigenvalue weighted by atomic mass is 9.96. The molecule has 0 amide bonds. The van der Waals surface area contributed by atoms with Gasteiger partial charge in [0.2, 0.25) is 0 Å². The van der Waals surface area contributed by atoms with Crippen molar-refractivity contribution in [1.29, 1.82) is 0 Å². The third kappa shape index (κ3) is 4.64. The van der Waals surface area contributed by atoms with Gasteiger partial charge in [-0.3, -0.25) is 0 Å². The highest BCUT2D eigenvalue weighted by Crippen LogP contribution is 2.35. The van der Waals surface area contributed by atoms with Crippen LogP contribution in [0.4, 0.5) is 0 Å². The number of benzene rings is 1. The second-order valence-corrected chi connectivity index (χ2v) is 6.76.